The molecule has 0 spiro atoms. The summed E-state index contributed by atoms with van der Waals surface area (Å²) in [5.41, 5.74) is 0. The van der Waals surface area contributed by atoms with Crippen molar-refractivity contribution in [3.05, 3.63) is 15.8 Å². The SMILES string of the molecule is Cc1sc(C(=O)O)cc1S(=O)(=O)NCCCCCO. The molecule has 0 aliphatic heterocycles. The standard InChI is InChI=1S/C11H17NO5S2/c1-8-10(7-9(18-8)11(14)15)19(16,17)12-5-3-2-4-6-13/h7,12-13H,2-6H2,1H3,(H,14,15). The monoisotopic (exact) mass is 307 g/mol. The summed E-state index contributed by atoms with van der Waals surface area (Å²) in [6.07, 6.45) is 2.01. The molecule has 0 atom stereocenters. The third-order valence-electron chi connectivity index (χ3n) is 2.50. The van der Waals surface area contributed by atoms with Crippen molar-refractivity contribution in [2.75, 3.05) is 13.2 Å². The van der Waals surface area contributed by atoms with Crippen molar-refractivity contribution >= 4 is 27.3 Å². The van der Waals surface area contributed by atoms with Crippen LogP contribution in [0.3, 0.4) is 0 Å². The van der Waals surface area contributed by atoms with Gasteiger partial charge in [0.1, 0.15) is 4.88 Å². The number of aryl methyl sites for hydroxylation is 1. The molecule has 3 N–H and O–H groups in total. The van der Waals surface area contributed by atoms with Gasteiger partial charge in [-0.25, -0.2) is 17.9 Å². The molecule has 19 heavy (non-hydrogen) atoms. The topological polar surface area (TPSA) is 104 Å². The average molecular weight is 307 g/mol. The molecule has 0 aliphatic carbocycles. The van der Waals surface area contributed by atoms with Crippen molar-refractivity contribution < 1.29 is 23.4 Å². The number of aromatic carboxylic acids is 1. The van der Waals surface area contributed by atoms with Gasteiger partial charge in [0.05, 0.1) is 4.90 Å². The highest BCUT2D eigenvalue weighted by molar-refractivity contribution is 7.89. The highest BCUT2D eigenvalue weighted by Crippen LogP contribution is 2.25. The fourth-order valence-electron chi connectivity index (χ4n) is 1.54. The molecule has 1 heterocycles. The van der Waals surface area contributed by atoms with Crippen LogP contribution in [0.5, 0.6) is 0 Å². The van der Waals surface area contributed by atoms with Crippen LogP contribution in [-0.4, -0.2) is 37.8 Å². The Labute approximate surface area is 116 Å². The number of hydrogen-bond acceptors (Lipinski definition) is 5. The molecule has 0 saturated carbocycles. The Bertz CT molecular complexity index is 535. The molecule has 0 unspecified atom stereocenters. The van der Waals surface area contributed by atoms with Crippen molar-refractivity contribution in [1.82, 2.24) is 4.72 Å². The van der Waals surface area contributed by atoms with E-state index in [4.69, 9.17) is 10.2 Å². The number of carboxylic acid groups (broad SMARTS) is 1. The minimum Gasteiger partial charge on any atom is -0.477 e. The smallest absolute Gasteiger partial charge is 0.345 e. The zero-order chi connectivity index (χ0) is 14.5. The van der Waals surface area contributed by atoms with E-state index in [0.717, 1.165) is 17.8 Å². The molecule has 1 aromatic heterocycles. The largest absolute Gasteiger partial charge is 0.477 e. The third kappa shape index (κ3) is 4.57. The highest BCUT2D eigenvalue weighted by atomic mass is 32.2. The van der Waals surface area contributed by atoms with E-state index in [9.17, 15) is 13.2 Å². The lowest BCUT2D eigenvalue weighted by Crippen LogP contribution is -2.25. The molecule has 0 amide bonds. The number of carboxylic acids is 1. The maximum Gasteiger partial charge on any atom is 0.345 e. The lowest BCUT2D eigenvalue weighted by Gasteiger charge is -2.05. The molecule has 0 fully saturated rings. The number of rotatable bonds is 8. The van der Waals surface area contributed by atoms with E-state index in [0.29, 0.717) is 17.7 Å². The van der Waals surface area contributed by atoms with Gasteiger partial charge in [-0.2, -0.15) is 0 Å². The van der Waals surface area contributed by atoms with Crippen LogP contribution in [0.1, 0.15) is 33.8 Å². The first-order valence-electron chi connectivity index (χ1n) is 5.82. The molecule has 0 radical (unpaired) electrons. The molecule has 1 aromatic rings. The van der Waals surface area contributed by atoms with Crippen molar-refractivity contribution in [3.8, 4) is 0 Å². The molecule has 0 aromatic carbocycles. The maximum atomic E-state index is 12.0. The molecular formula is C11H17NO5S2. The van der Waals surface area contributed by atoms with E-state index >= 15 is 0 Å². The molecule has 0 aliphatic rings. The molecule has 6 nitrogen and oxygen atoms in total. The molecule has 1 rings (SSSR count). The Morgan fingerprint density at radius 1 is 1.37 bits per heavy atom. The van der Waals surface area contributed by atoms with Crippen LogP contribution in [0.25, 0.3) is 0 Å². The zero-order valence-electron chi connectivity index (χ0n) is 10.5. The first-order valence-corrected chi connectivity index (χ1v) is 8.12. The van der Waals surface area contributed by atoms with Gasteiger partial charge < -0.3 is 10.2 Å². The summed E-state index contributed by atoms with van der Waals surface area (Å²) < 4.78 is 26.4. The summed E-state index contributed by atoms with van der Waals surface area (Å²) in [6.45, 7) is 1.95. The Hall–Kier alpha value is -0.960. The minimum absolute atomic E-state index is 0.0122. The number of nitrogens with one attached hydrogen (secondary N) is 1. The number of unbranched alkanes of at least 4 members (excludes halogenated alkanes) is 2. The van der Waals surface area contributed by atoms with Gasteiger partial charge in [0.15, 0.2) is 0 Å². The first-order chi connectivity index (χ1) is 8.88. The first kappa shape index (κ1) is 16.1. The zero-order valence-corrected chi connectivity index (χ0v) is 12.2. The van der Waals surface area contributed by atoms with Crippen LogP contribution in [0.4, 0.5) is 0 Å². The molecule has 0 bridgehead atoms. The van der Waals surface area contributed by atoms with Crippen LogP contribution >= 0.6 is 11.3 Å². The summed E-state index contributed by atoms with van der Waals surface area (Å²) >= 11 is 0.945. The normalized spacial score (nSPS) is 11.7. The summed E-state index contributed by atoms with van der Waals surface area (Å²) in [5, 5.41) is 17.4. The Morgan fingerprint density at radius 3 is 2.58 bits per heavy atom. The number of hydrogen-bond donors (Lipinski definition) is 3. The van der Waals surface area contributed by atoms with Crippen LogP contribution in [0.2, 0.25) is 0 Å². The number of carbonyl (C=O) groups is 1. The van der Waals surface area contributed by atoms with E-state index < -0.39 is 16.0 Å². The van der Waals surface area contributed by atoms with E-state index in [1.54, 1.807) is 6.92 Å². The highest BCUT2D eigenvalue weighted by Gasteiger charge is 2.21. The van der Waals surface area contributed by atoms with Crippen molar-refractivity contribution in [2.45, 2.75) is 31.1 Å². The second-order valence-corrected chi connectivity index (χ2v) is 7.01. The molecule has 0 saturated heterocycles. The van der Waals surface area contributed by atoms with E-state index in [-0.39, 0.29) is 22.9 Å². The average Bonchev–Trinajstić information content (AvgIpc) is 2.72. The van der Waals surface area contributed by atoms with Gasteiger partial charge in [0.25, 0.3) is 0 Å². The predicted octanol–water partition coefficient (Wildman–Crippen LogP) is 1.20. The minimum atomic E-state index is -3.66. The van der Waals surface area contributed by atoms with Crippen molar-refractivity contribution in [3.63, 3.8) is 0 Å². The van der Waals surface area contributed by atoms with Gasteiger partial charge in [0, 0.05) is 18.0 Å². The second kappa shape index (κ2) is 6.99. The fourth-order valence-corrected chi connectivity index (χ4v) is 4.04. The molecule has 108 valence electrons. The summed E-state index contributed by atoms with van der Waals surface area (Å²) in [5.74, 6) is -1.13. The van der Waals surface area contributed by atoms with E-state index in [2.05, 4.69) is 4.72 Å². The third-order valence-corrected chi connectivity index (χ3v) is 5.25. The van der Waals surface area contributed by atoms with Gasteiger partial charge in [-0.1, -0.05) is 0 Å². The maximum absolute atomic E-state index is 12.0. The van der Waals surface area contributed by atoms with Crippen molar-refractivity contribution in [1.29, 1.82) is 0 Å². The van der Waals surface area contributed by atoms with Crippen molar-refractivity contribution in [2.24, 2.45) is 0 Å². The number of aliphatic hydroxyl groups is 1. The number of sulfonamides is 1. The predicted molar refractivity (Wildman–Crippen MR) is 72.1 cm³/mol. The summed E-state index contributed by atoms with van der Waals surface area (Å²) in [4.78, 5) is 11.3. The number of aliphatic hydroxyl groups excluding tert-OH is 1. The van der Waals surface area contributed by atoms with Crippen LogP contribution in [0, 0.1) is 6.92 Å². The van der Waals surface area contributed by atoms with Crippen LogP contribution < -0.4 is 4.72 Å². The van der Waals surface area contributed by atoms with Gasteiger partial charge in [0.2, 0.25) is 10.0 Å². The van der Waals surface area contributed by atoms with Gasteiger partial charge in [-0.3, -0.25) is 0 Å². The lowest BCUT2D eigenvalue weighted by molar-refractivity contribution is 0.0702. The van der Waals surface area contributed by atoms with Gasteiger partial charge in [-0.15, -0.1) is 11.3 Å². The Morgan fingerprint density at radius 2 is 2.05 bits per heavy atom. The summed E-state index contributed by atoms with van der Waals surface area (Å²) in [6, 6.07) is 1.18. The quantitative estimate of drug-likeness (QED) is 0.626. The Kier molecular flexibility index (Phi) is 5.92. The lowest BCUT2D eigenvalue weighted by atomic mass is 10.2. The van der Waals surface area contributed by atoms with Crippen LogP contribution in [-0.2, 0) is 10.0 Å². The molecule has 8 heteroatoms. The van der Waals surface area contributed by atoms with Gasteiger partial charge >= 0.3 is 5.97 Å². The summed E-state index contributed by atoms with van der Waals surface area (Å²) in [7, 11) is -3.66. The van der Waals surface area contributed by atoms with Crippen LogP contribution in [0.15, 0.2) is 11.0 Å². The fraction of sp³-hybridized carbons (Fsp3) is 0.545. The van der Waals surface area contributed by atoms with E-state index in [1.165, 1.54) is 6.07 Å². The number of thiophene rings is 1. The second-order valence-electron chi connectivity index (χ2n) is 4.02. The Balaban J connectivity index is 2.69. The van der Waals surface area contributed by atoms with Gasteiger partial charge in [-0.05, 0) is 32.3 Å². The van der Waals surface area contributed by atoms with E-state index in [1.807, 2.05) is 0 Å². The molecular weight excluding hydrogens is 290 g/mol.